The van der Waals surface area contributed by atoms with Crippen LogP contribution in [0.15, 0.2) is 0 Å². The molecule has 1 aliphatic carbocycles. The van der Waals surface area contributed by atoms with Crippen LogP contribution in [0.25, 0.3) is 0 Å². The average molecular weight is 225 g/mol. The minimum Gasteiger partial charge on any atom is -0.396 e. The van der Waals surface area contributed by atoms with Crippen molar-refractivity contribution in [2.24, 2.45) is 5.92 Å². The van der Waals surface area contributed by atoms with Crippen LogP contribution in [0, 0.1) is 5.92 Å². The van der Waals surface area contributed by atoms with Crippen molar-refractivity contribution in [3.63, 3.8) is 0 Å². The number of nitrogens with zero attached hydrogens (tertiary/aromatic N) is 1. The normalized spacial score (nSPS) is 34.7. The predicted octanol–water partition coefficient (Wildman–Crippen LogP) is 1.40. The van der Waals surface area contributed by atoms with Crippen molar-refractivity contribution in [2.45, 2.75) is 50.2 Å². The van der Waals surface area contributed by atoms with Gasteiger partial charge < -0.3 is 9.84 Å². The molecule has 0 aromatic carbocycles. The summed E-state index contributed by atoms with van der Waals surface area (Å²) in [6.45, 7) is 3.59. The van der Waals surface area contributed by atoms with E-state index in [4.69, 9.17) is 9.84 Å². The Balaban J connectivity index is 1.44. The standard InChI is InChI=1S/C13H23NO2/c15-10-11-7-14(8-11)9-12-3-6-13(16-12)4-1-2-5-13/h11-12,15H,1-10H2. The third kappa shape index (κ3) is 2.01. The summed E-state index contributed by atoms with van der Waals surface area (Å²) in [5, 5.41) is 8.97. The van der Waals surface area contributed by atoms with Gasteiger partial charge in [-0.1, -0.05) is 12.8 Å². The molecule has 3 aliphatic rings. The smallest absolute Gasteiger partial charge is 0.0710 e. The molecule has 16 heavy (non-hydrogen) atoms. The zero-order chi connectivity index (χ0) is 11.0. The van der Waals surface area contributed by atoms with Crippen molar-refractivity contribution in [3.05, 3.63) is 0 Å². The number of hydrogen-bond donors (Lipinski definition) is 1. The van der Waals surface area contributed by atoms with E-state index in [2.05, 4.69) is 4.90 Å². The number of ether oxygens (including phenoxy) is 1. The molecule has 1 unspecified atom stereocenters. The van der Waals surface area contributed by atoms with Crippen LogP contribution < -0.4 is 0 Å². The summed E-state index contributed by atoms with van der Waals surface area (Å²) in [4.78, 5) is 2.43. The first-order valence-electron chi connectivity index (χ1n) is 6.81. The zero-order valence-electron chi connectivity index (χ0n) is 10.0. The van der Waals surface area contributed by atoms with E-state index in [0.29, 0.717) is 18.6 Å². The van der Waals surface area contributed by atoms with E-state index >= 15 is 0 Å². The van der Waals surface area contributed by atoms with Gasteiger partial charge >= 0.3 is 0 Å². The molecular weight excluding hydrogens is 202 g/mol. The number of aliphatic hydroxyl groups is 1. The highest BCUT2D eigenvalue weighted by Gasteiger charge is 2.43. The van der Waals surface area contributed by atoms with Crippen molar-refractivity contribution in [2.75, 3.05) is 26.2 Å². The van der Waals surface area contributed by atoms with Crippen molar-refractivity contribution < 1.29 is 9.84 Å². The summed E-state index contributed by atoms with van der Waals surface area (Å²) in [5.74, 6) is 0.529. The molecule has 0 aromatic heterocycles. The van der Waals surface area contributed by atoms with E-state index < -0.39 is 0 Å². The van der Waals surface area contributed by atoms with Gasteiger partial charge in [-0.15, -0.1) is 0 Å². The van der Waals surface area contributed by atoms with Crippen LogP contribution in [0.3, 0.4) is 0 Å². The lowest BCUT2D eigenvalue weighted by Gasteiger charge is -2.39. The molecule has 2 heterocycles. The fraction of sp³-hybridized carbons (Fsp3) is 1.00. The molecule has 92 valence electrons. The number of hydrogen-bond acceptors (Lipinski definition) is 3. The van der Waals surface area contributed by atoms with Gasteiger partial charge in [0.05, 0.1) is 11.7 Å². The maximum atomic E-state index is 8.97. The lowest BCUT2D eigenvalue weighted by molar-refractivity contribution is -0.0630. The number of aliphatic hydroxyl groups excluding tert-OH is 1. The molecule has 1 atom stereocenters. The molecule has 0 aromatic rings. The van der Waals surface area contributed by atoms with Crippen LogP contribution in [0.5, 0.6) is 0 Å². The molecule has 3 heteroatoms. The van der Waals surface area contributed by atoms with Crippen LogP contribution in [0.4, 0.5) is 0 Å². The topological polar surface area (TPSA) is 32.7 Å². The van der Waals surface area contributed by atoms with Crippen molar-refractivity contribution in [3.8, 4) is 0 Å². The molecule has 3 rings (SSSR count). The third-order valence-corrected chi connectivity index (χ3v) is 4.61. The van der Waals surface area contributed by atoms with Crippen molar-refractivity contribution in [1.29, 1.82) is 0 Å². The van der Waals surface area contributed by atoms with Crippen molar-refractivity contribution in [1.82, 2.24) is 4.90 Å². The molecular formula is C13H23NO2. The Morgan fingerprint density at radius 2 is 1.94 bits per heavy atom. The van der Waals surface area contributed by atoms with E-state index in [-0.39, 0.29) is 5.60 Å². The average Bonchev–Trinajstić information content (AvgIpc) is 2.83. The fourth-order valence-corrected chi connectivity index (χ4v) is 3.64. The molecule has 3 fully saturated rings. The van der Waals surface area contributed by atoms with Crippen LogP contribution in [0.1, 0.15) is 38.5 Å². The Labute approximate surface area is 97.8 Å². The monoisotopic (exact) mass is 225 g/mol. The molecule has 2 saturated heterocycles. The molecule has 0 bridgehead atoms. The Morgan fingerprint density at radius 3 is 2.62 bits per heavy atom. The lowest BCUT2D eigenvalue weighted by Crippen LogP contribution is -2.51. The second-order valence-corrected chi connectivity index (χ2v) is 5.94. The molecule has 1 saturated carbocycles. The van der Waals surface area contributed by atoms with Gasteiger partial charge in [-0.2, -0.15) is 0 Å². The molecule has 1 N–H and O–H groups in total. The Kier molecular flexibility index (Phi) is 2.94. The predicted molar refractivity (Wildman–Crippen MR) is 62.3 cm³/mol. The van der Waals surface area contributed by atoms with Gasteiger partial charge in [0.1, 0.15) is 0 Å². The number of rotatable bonds is 3. The van der Waals surface area contributed by atoms with E-state index in [9.17, 15) is 0 Å². The van der Waals surface area contributed by atoms with E-state index in [1.54, 1.807) is 0 Å². The van der Waals surface area contributed by atoms with Gasteiger partial charge in [0.15, 0.2) is 0 Å². The van der Waals surface area contributed by atoms with Crippen LogP contribution >= 0.6 is 0 Å². The highest BCUT2D eigenvalue weighted by molar-refractivity contribution is 4.94. The maximum absolute atomic E-state index is 8.97. The van der Waals surface area contributed by atoms with Gasteiger partial charge in [0, 0.05) is 32.2 Å². The third-order valence-electron chi connectivity index (χ3n) is 4.61. The van der Waals surface area contributed by atoms with Gasteiger partial charge in [-0.3, -0.25) is 4.90 Å². The number of likely N-dealkylation sites (tertiary alicyclic amines) is 1. The van der Waals surface area contributed by atoms with Crippen LogP contribution in [-0.4, -0.2) is 48.0 Å². The highest BCUT2D eigenvalue weighted by Crippen LogP contribution is 2.43. The lowest BCUT2D eigenvalue weighted by atomic mass is 9.97. The Bertz CT molecular complexity index is 244. The quantitative estimate of drug-likeness (QED) is 0.788. The van der Waals surface area contributed by atoms with Crippen LogP contribution in [0.2, 0.25) is 0 Å². The van der Waals surface area contributed by atoms with Gasteiger partial charge in [-0.25, -0.2) is 0 Å². The summed E-state index contributed by atoms with van der Waals surface area (Å²) in [5.41, 5.74) is 0.284. The first-order chi connectivity index (χ1) is 7.80. The summed E-state index contributed by atoms with van der Waals surface area (Å²) in [7, 11) is 0. The van der Waals surface area contributed by atoms with Crippen LogP contribution in [-0.2, 0) is 4.74 Å². The second kappa shape index (κ2) is 4.28. The highest BCUT2D eigenvalue weighted by atomic mass is 16.5. The van der Waals surface area contributed by atoms with Gasteiger partial charge in [0.2, 0.25) is 0 Å². The first kappa shape index (κ1) is 11.0. The van der Waals surface area contributed by atoms with Gasteiger partial charge in [0.25, 0.3) is 0 Å². The largest absolute Gasteiger partial charge is 0.396 e. The minimum absolute atomic E-state index is 0.284. The zero-order valence-corrected chi connectivity index (χ0v) is 10.0. The molecule has 3 nitrogen and oxygen atoms in total. The SMILES string of the molecule is OCC1CN(CC2CCC3(CCCC3)O2)C1. The Hall–Kier alpha value is -0.120. The van der Waals surface area contributed by atoms with E-state index in [1.807, 2.05) is 0 Å². The fourth-order valence-electron chi connectivity index (χ4n) is 3.64. The molecule has 1 spiro atoms. The van der Waals surface area contributed by atoms with Gasteiger partial charge in [-0.05, 0) is 25.7 Å². The van der Waals surface area contributed by atoms with E-state index in [0.717, 1.165) is 19.6 Å². The van der Waals surface area contributed by atoms with E-state index in [1.165, 1.54) is 38.5 Å². The second-order valence-electron chi connectivity index (χ2n) is 5.94. The minimum atomic E-state index is 0.284. The summed E-state index contributed by atoms with van der Waals surface area (Å²) < 4.78 is 6.28. The summed E-state index contributed by atoms with van der Waals surface area (Å²) >= 11 is 0. The summed E-state index contributed by atoms with van der Waals surface area (Å²) in [6.07, 6.45) is 8.32. The molecule has 0 radical (unpaired) electrons. The summed E-state index contributed by atoms with van der Waals surface area (Å²) in [6, 6.07) is 0. The maximum Gasteiger partial charge on any atom is 0.0710 e. The van der Waals surface area contributed by atoms with Crippen molar-refractivity contribution >= 4 is 0 Å². The first-order valence-corrected chi connectivity index (χ1v) is 6.81. The molecule has 2 aliphatic heterocycles. The Morgan fingerprint density at radius 1 is 1.19 bits per heavy atom. The molecule has 0 amide bonds.